The Labute approximate surface area is 143 Å². The third-order valence-electron chi connectivity index (χ3n) is 3.82. The summed E-state index contributed by atoms with van der Waals surface area (Å²) in [6.45, 7) is 6.96. The molecule has 0 heterocycles. The van der Waals surface area contributed by atoms with Gasteiger partial charge in [0, 0.05) is 24.2 Å². The summed E-state index contributed by atoms with van der Waals surface area (Å²) >= 11 is 0. The average molecular weight is 324 g/mol. The van der Waals surface area contributed by atoms with E-state index in [1.165, 1.54) is 5.56 Å². The zero-order valence-corrected chi connectivity index (χ0v) is 14.4. The highest BCUT2D eigenvalue weighted by Gasteiger charge is 2.07. The van der Waals surface area contributed by atoms with Crippen LogP contribution in [-0.4, -0.2) is 24.9 Å². The van der Waals surface area contributed by atoms with Gasteiger partial charge in [0.05, 0.1) is 0 Å². The predicted molar refractivity (Wildman–Crippen MR) is 96.4 cm³/mol. The highest BCUT2D eigenvalue weighted by molar-refractivity contribution is 5.95. The van der Waals surface area contributed by atoms with Crippen LogP contribution in [-0.2, 0) is 0 Å². The molecular weight excluding hydrogens is 300 g/mol. The van der Waals surface area contributed by atoms with E-state index in [0.29, 0.717) is 30.1 Å². The molecule has 0 saturated carbocycles. The number of rotatable bonds is 6. The van der Waals surface area contributed by atoms with Crippen LogP contribution in [0.4, 0.5) is 0 Å². The van der Waals surface area contributed by atoms with Crippen LogP contribution in [0.5, 0.6) is 0 Å². The van der Waals surface area contributed by atoms with Gasteiger partial charge in [-0.05, 0) is 42.7 Å². The summed E-state index contributed by atoms with van der Waals surface area (Å²) in [6.07, 6.45) is 0. The molecular formula is C20H24N2O2. The monoisotopic (exact) mass is 324 g/mol. The van der Waals surface area contributed by atoms with Crippen molar-refractivity contribution in [2.24, 2.45) is 0 Å². The van der Waals surface area contributed by atoms with Crippen molar-refractivity contribution in [1.82, 2.24) is 10.6 Å². The molecule has 24 heavy (non-hydrogen) atoms. The second kappa shape index (κ2) is 8.29. The number of amides is 2. The van der Waals surface area contributed by atoms with Gasteiger partial charge in [-0.25, -0.2) is 0 Å². The lowest BCUT2D eigenvalue weighted by Gasteiger charge is -2.09. The summed E-state index contributed by atoms with van der Waals surface area (Å²) in [6, 6.07) is 15.0. The molecule has 2 aromatic rings. The zero-order valence-electron chi connectivity index (χ0n) is 14.4. The first-order valence-corrected chi connectivity index (χ1v) is 8.20. The molecule has 2 rings (SSSR count). The normalized spacial score (nSPS) is 10.5. The smallest absolute Gasteiger partial charge is 0.251 e. The Morgan fingerprint density at radius 1 is 0.875 bits per heavy atom. The molecule has 126 valence electrons. The van der Waals surface area contributed by atoms with Gasteiger partial charge >= 0.3 is 0 Å². The molecule has 0 radical (unpaired) electrons. The number of nitrogens with one attached hydrogen (secondary N) is 2. The third kappa shape index (κ3) is 4.95. The van der Waals surface area contributed by atoms with Crippen LogP contribution in [0.25, 0.3) is 0 Å². The van der Waals surface area contributed by atoms with Gasteiger partial charge in [-0.15, -0.1) is 0 Å². The van der Waals surface area contributed by atoms with E-state index < -0.39 is 0 Å². The van der Waals surface area contributed by atoms with Crippen LogP contribution < -0.4 is 10.6 Å². The van der Waals surface area contributed by atoms with E-state index in [4.69, 9.17) is 0 Å². The molecule has 0 aliphatic carbocycles. The van der Waals surface area contributed by atoms with Crippen LogP contribution in [0.2, 0.25) is 0 Å². The lowest BCUT2D eigenvalue weighted by Crippen LogP contribution is -2.34. The summed E-state index contributed by atoms with van der Waals surface area (Å²) in [4.78, 5) is 24.1. The van der Waals surface area contributed by atoms with E-state index >= 15 is 0 Å². The molecule has 0 saturated heterocycles. The third-order valence-corrected chi connectivity index (χ3v) is 3.82. The first-order chi connectivity index (χ1) is 11.5. The first-order valence-electron chi connectivity index (χ1n) is 8.20. The lowest BCUT2D eigenvalue weighted by atomic mass is 10.0. The van der Waals surface area contributed by atoms with Crippen LogP contribution in [0.15, 0.2) is 48.5 Å². The van der Waals surface area contributed by atoms with Gasteiger partial charge in [-0.3, -0.25) is 9.59 Å². The van der Waals surface area contributed by atoms with E-state index in [2.05, 4.69) is 24.5 Å². The van der Waals surface area contributed by atoms with E-state index in [9.17, 15) is 9.59 Å². The highest BCUT2D eigenvalue weighted by Crippen LogP contribution is 2.14. The SMILES string of the molecule is Cc1cccc(C(=O)NCCNC(=O)c2ccc(C(C)C)cc2)c1. The quantitative estimate of drug-likeness (QED) is 0.801. The largest absolute Gasteiger partial charge is 0.350 e. The van der Waals surface area contributed by atoms with Crippen molar-refractivity contribution >= 4 is 11.8 Å². The first kappa shape index (κ1) is 17.7. The van der Waals surface area contributed by atoms with E-state index in [-0.39, 0.29) is 11.8 Å². The minimum atomic E-state index is -0.130. The maximum Gasteiger partial charge on any atom is 0.251 e. The summed E-state index contributed by atoms with van der Waals surface area (Å²) in [5.41, 5.74) is 3.51. The Morgan fingerprint density at radius 2 is 1.46 bits per heavy atom. The van der Waals surface area contributed by atoms with Gasteiger partial charge in [-0.1, -0.05) is 43.7 Å². The van der Waals surface area contributed by atoms with Crippen LogP contribution in [0.1, 0.15) is 51.6 Å². The molecule has 0 aliphatic heterocycles. The molecule has 4 heteroatoms. The molecule has 2 N–H and O–H groups in total. The van der Waals surface area contributed by atoms with Crippen LogP contribution >= 0.6 is 0 Å². The number of hydrogen-bond donors (Lipinski definition) is 2. The van der Waals surface area contributed by atoms with Crippen molar-refractivity contribution in [2.75, 3.05) is 13.1 Å². The zero-order chi connectivity index (χ0) is 17.5. The molecule has 0 atom stereocenters. The summed E-state index contributed by atoms with van der Waals surface area (Å²) in [5, 5.41) is 5.62. The maximum atomic E-state index is 12.1. The fourth-order valence-electron chi connectivity index (χ4n) is 2.36. The lowest BCUT2D eigenvalue weighted by molar-refractivity contribution is 0.0927. The molecule has 2 aromatic carbocycles. The van der Waals surface area contributed by atoms with Gasteiger partial charge < -0.3 is 10.6 Å². The second-order valence-corrected chi connectivity index (χ2v) is 6.16. The van der Waals surface area contributed by atoms with Crippen molar-refractivity contribution < 1.29 is 9.59 Å². The molecule has 0 bridgehead atoms. The standard InChI is InChI=1S/C20H24N2O2/c1-14(2)16-7-9-17(10-8-16)19(23)21-11-12-22-20(24)18-6-4-5-15(3)13-18/h4-10,13-14H,11-12H2,1-3H3,(H,21,23)(H,22,24). The van der Waals surface area contributed by atoms with E-state index in [1.807, 2.05) is 49.4 Å². The maximum absolute atomic E-state index is 12.1. The molecule has 2 amide bonds. The Bertz CT molecular complexity index is 706. The van der Waals surface area contributed by atoms with E-state index in [0.717, 1.165) is 5.56 Å². The number of hydrogen-bond acceptors (Lipinski definition) is 2. The van der Waals surface area contributed by atoms with Gasteiger partial charge in [0.1, 0.15) is 0 Å². The summed E-state index contributed by atoms with van der Waals surface area (Å²) in [5.74, 6) is 0.184. The van der Waals surface area contributed by atoms with Crippen LogP contribution in [0.3, 0.4) is 0 Å². The van der Waals surface area contributed by atoms with E-state index in [1.54, 1.807) is 6.07 Å². The number of carbonyl (C=O) groups excluding carboxylic acids is 2. The summed E-state index contributed by atoms with van der Waals surface area (Å²) in [7, 11) is 0. The minimum absolute atomic E-state index is 0.130. The number of carbonyl (C=O) groups is 2. The van der Waals surface area contributed by atoms with Crippen molar-refractivity contribution in [3.05, 3.63) is 70.8 Å². The molecule has 0 aromatic heterocycles. The minimum Gasteiger partial charge on any atom is -0.350 e. The number of aryl methyl sites for hydroxylation is 1. The average Bonchev–Trinajstić information content (AvgIpc) is 2.58. The van der Waals surface area contributed by atoms with Gasteiger partial charge in [-0.2, -0.15) is 0 Å². The molecule has 0 unspecified atom stereocenters. The van der Waals surface area contributed by atoms with Gasteiger partial charge in [0.2, 0.25) is 0 Å². The molecule has 0 spiro atoms. The van der Waals surface area contributed by atoms with Crippen LogP contribution in [0, 0.1) is 6.92 Å². The Kier molecular flexibility index (Phi) is 6.13. The topological polar surface area (TPSA) is 58.2 Å². The Balaban J connectivity index is 1.77. The molecule has 0 aliphatic rings. The second-order valence-electron chi connectivity index (χ2n) is 6.16. The van der Waals surface area contributed by atoms with Crippen molar-refractivity contribution in [1.29, 1.82) is 0 Å². The highest BCUT2D eigenvalue weighted by atomic mass is 16.2. The van der Waals surface area contributed by atoms with Crippen molar-refractivity contribution in [2.45, 2.75) is 26.7 Å². The van der Waals surface area contributed by atoms with Gasteiger partial charge in [0.15, 0.2) is 0 Å². The van der Waals surface area contributed by atoms with Crippen molar-refractivity contribution in [3.8, 4) is 0 Å². The Hall–Kier alpha value is -2.62. The Morgan fingerprint density at radius 3 is 2.00 bits per heavy atom. The fourth-order valence-corrected chi connectivity index (χ4v) is 2.36. The molecule has 0 fully saturated rings. The van der Waals surface area contributed by atoms with Crippen molar-refractivity contribution in [3.63, 3.8) is 0 Å². The predicted octanol–water partition coefficient (Wildman–Crippen LogP) is 3.28. The molecule has 4 nitrogen and oxygen atoms in total. The number of benzene rings is 2. The fraction of sp³-hybridized carbons (Fsp3) is 0.300. The van der Waals surface area contributed by atoms with Gasteiger partial charge in [0.25, 0.3) is 11.8 Å². The summed E-state index contributed by atoms with van der Waals surface area (Å²) < 4.78 is 0.